The Hall–Kier alpha value is -2.20. The number of hydrogen-bond acceptors (Lipinski definition) is 1. The van der Waals surface area contributed by atoms with Gasteiger partial charge in [0.15, 0.2) is 0 Å². The summed E-state index contributed by atoms with van der Waals surface area (Å²) in [7, 11) is 0. The highest BCUT2D eigenvalue weighted by molar-refractivity contribution is 5.49. The quantitative estimate of drug-likeness (QED) is 0.633. The van der Waals surface area contributed by atoms with Crippen LogP contribution >= 0.6 is 0 Å². The van der Waals surface area contributed by atoms with Gasteiger partial charge >= 0.3 is 0 Å². The highest BCUT2D eigenvalue weighted by Crippen LogP contribution is 2.33. The molecule has 0 bridgehead atoms. The summed E-state index contributed by atoms with van der Waals surface area (Å²) in [5.41, 5.74) is 3.33. The number of benzene rings is 2. The molecule has 0 saturated heterocycles. The summed E-state index contributed by atoms with van der Waals surface area (Å²) in [6.45, 7) is 2.96. The van der Waals surface area contributed by atoms with Gasteiger partial charge in [0, 0.05) is 22.6 Å². The van der Waals surface area contributed by atoms with Crippen LogP contribution in [0.4, 0.5) is 0 Å². The molecule has 88 valence electrons. The molecule has 1 aliphatic heterocycles. The average Bonchev–Trinajstić information content (AvgIpc) is 2.79. The fraction of sp³-hybridized carbons (Fsp3) is 0.176. The Kier molecular flexibility index (Phi) is 2.78. The Morgan fingerprint density at radius 1 is 1.00 bits per heavy atom. The van der Waals surface area contributed by atoms with Gasteiger partial charge in [-0.05, 0) is 24.3 Å². The molecule has 1 aliphatic rings. The van der Waals surface area contributed by atoms with Gasteiger partial charge in [0.1, 0.15) is 5.75 Å². The molecule has 1 atom stereocenters. The lowest BCUT2D eigenvalue weighted by Crippen LogP contribution is -1.93. The first-order valence-corrected chi connectivity index (χ1v) is 6.17. The second-order valence-corrected chi connectivity index (χ2v) is 4.58. The second kappa shape index (κ2) is 4.58. The molecule has 1 unspecified atom stereocenters. The van der Waals surface area contributed by atoms with Crippen molar-refractivity contribution in [3.8, 4) is 17.6 Å². The molecule has 0 aromatic heterocycles. The van der Waals surface area contributed by atoms with E-state index >= 15 is 0 Å². The van der Waals surface area contributed by atoms with Crippen LogP contribution in [0.3, 0.4) is 0 Å². The number of rotatable bonds is 0. The van der Waals surface area contributed by atoms with E-state index in [0.29, 0.717) is 5.92 Å². The summed E-state index contributed by atoms with van der Waals surface area (Å²) in [6.07, 6.45) is 0. The molecule has 0 N–H and O–H groups in total. The van der Waals surface area contributed by atoms with Crippen molar-refractivity contribution in [2.45, 2.75) is 12.8 Å². The largest absolute Gasteiger partial charge is 0.493 e. The van der Waals surface area contributed by atoms with Crippen molar-refractivity contribution in [1.82, 2.24) is 0 Å². The van der Waals surface area contributed by atoms with Gasteiger partial charge in [0.25, 0.3) is 0 Å². The predicted octanol–water partition coefficient (Wildman–Crippen LogP) is 3.58. The maximum Gasteiger partial charge on any atom is 0.124 e. The van der Waals surface area contributed by atoms with Crippen LogP contribution in [-0.4, -0.2) is 6.61 Å². The standard InChI is InChI=1S/C17H14O/c1-13-12-18-17-11-15(9-10-16(13)17)8-7-14-5-3-2-4-6-14/h2-6,9-11,13H,12H2,1H3. The third-order valence-electron chi connectivity index (χ3n) is 3.16. The van der Waals surface area contributed by atoms with Crippen LogP contribution < -0.4 is 4.74 Å². The van der Waals surface area contributed by atoms with Crippen molar-refractivity contribution in [2.75, 3.05) is 6.61 Å². The Labute approximate surface area is 107 Å². The normalized spacial score (nSPS) is 16.4. The highest BCUT2D eigenvalue weighted by atomic mass is 16.5. The lowest BCUT2D eigenvalue weighted by molar-refractivity contribution is 0.337. The van der Waals surface area contributed by atoms with Crippen LogP contribution in [0, 0.1) is 11.8 Å². The van der Waals surface area contributed by atoms with Crippen LogP contribution in [0.5, 0.6) is 5.75 Å². The number of ether oxygens (including phenoxy) is 1. The summed E-state index contributed by atoms with van der Waals surface area (Å²) in [6, 6.07) is 16.2. The van der Waals surface area contributed by atoms with Gasteiger partial charge in [-0.1, -0.05) is 43.0 Å². The highest BCUT2D eigenvalue weighted by Gasteiger charge is 2.19. The van der Waals surface area contributed by atoms with E-state index in [2.05, 4.69) is 30.9 Å². The molecular weight excluding hydrogens is 220 g/mol. The first-order valence-electron chi connectivity index (χ1n) is 6.17. The number of fused-ring (bicyclic) bond motifs is 1. The molecule has 18 heavy (non-hydrogen) atoms. The third kappa shape index (κ3) is 2.10. The number of hydrogen-bond donors (Lipinski definition) is 0. The maximum absolute atomic E-state index is 5.64. The summed E-state index contributed by atoms with van der Waals surface area (Å²) in [4.78, 5) is 0. The lowest BCUT2D eigenvalue weighted by atomic mass is 10.0. The van der Waals surface area contributed by atoms with E-state index in [1.54, 1.807) is 0 Å². The lowest BCUT2D eigenvalue weighted by Gasteiger charge is -2.00. The van der Waals surface area contributed by atoms with Crippen molar-refractivity contribution in [1.29, 1.82) is 0 Å². The maximum atomic E-state index is 5.64. The van der Waals surface area contributed by atoms with E-state index in [4.69, 9.17) is 4.74 Å². The monoisotopic (exact) mass is 234 g/mol. The first kappa shape index (κ1) is 10.9. The summed E-state index contributed by atoms with van der Waals surface area (Å²) in [5, 5.41) is 0. The molecule has 0 spiro atoms. The van der Waals surface area contributed by atoms with Crippen molar-refractivity contribution in [3.63, 3.8) is 0 Å². The summed E-state index contributed by atoms with van der Waals surface area (Å²) < 4.78 is 5.64. The topological polar surface area (TPSA) is 9.23 Å². The van der Waals surface area contributed by atoms with Gasteiger partial charge in [-0.3, -0.25) is 0 Å². The molecular formula is C17H14O. The van der Waals surface area contributed by atoms with E-state index in [0.717, 1.165) is 23.5 Å². The molecule has 2 aromatic rings. The summed E-state index contributed by atoms with van der Waals surface area (Å²) >= 11 is 0. The van der Waals surface area contributed by atoms with E-state index in [9.17, 15) is 0 Å². The van der Waals surface area contributed by atoms with Crippen LogP contribution in [-0.2, 0) is 0 Å². The Balaban J connectivity index is 1.89. The van der Waals surface area contributed by atoms with Gasteiger partial charge in [-0.15, -0.1) is 0 Å². The molecule has 0 aliphatic carbocycles. The average molecular weight is 234 g/mol. The predicted molar refractivity (Wildman–Crippen MR) is 72.8 cm³/mol. The van der Waals surface area contributed by atoms with Crippen molar-refractivity contribution >= 4 is 0 Å². The van der Waals surface area contributed by atoms with Crippen molar-refractivity contribution in [3.05, 3.63) is 65.2 Å². The minimum Gasteiger partial charge on any atom is -0.493 e. The Bertz CT molecular complexity index is 617. The third-order valence-corrected chi connectivity index (χ3v) is 3.16. The molecule has 3 rings (SSSR count). The fourth-order valence-electron chi connectivity index (χ4n) is 2.11. The van der Waals surface area contributed by atoms with E-state index in [1.165, 1.54) is 5.56 Å². The molecule has 0 saturated carbocycles. The van der Waals surface area contributed by atoms with E-state index < -0.39 is 0 Å². The van der Waals surface area contributed by atoms with Crippen LogP contribution in [0.15, 0.2) is 48.5 Å². The van der Waals surface area contributed by atoms with Crippen molar-refractivity contribution in [2.24, 2.45) is 0 Å². The Morgan fingerprint density at radius 2 is 1.78 bits per heavy atom. The van der Waals surface area contributed by atoms with E-state index in [1.807, 2.05) is 36.4 Å². The van der Waals surface area contributed by atoms with Gasteiger partial charge in [0.2, 0.25) is 0 Å². The van der Waals surface area contributed by atoms with Gasteiger partial charge < -0.3 is 4.74 Å². The minimum absolute atomic E-state index is 0.496. The SMILES string of the molecule is CC1COc2cc(C#Cc3ccccc3)ccc21. The molecule has 0 radical (unpaired) electrons. The van der Waals surface area contributed by atoms with Gasteiger partial charge in [-0.2, -0.15) is 0 Å². The zero-order chi connectivity index (χ0) is 12.4. The second-order valence-electron chi connectivity index (χ2n) is 4.58. The molecule has 2 aromatic carbocycles. The summed E-state index contributed by atoms with van der Waals surface area (Å²) in [5.74, 6) is 7.82. The Morgan fingerprint density at radius 3 is 2.61 bits per heavy atom. The van der Waals surface area contributed by atoms with Gasteiger partial charge in [0.05, 0.1) is 6.61 Å². The van der Waals surface area contributed by atoms with Gasteiger partial charge in [-0.25, -0.2) is 0 Å². The van der Waals surface area contributed by atoms with E-state index in [-0.39, 0.29) is 0 Å². The van der Waals surface area contributed by atoms with Crippen molar-refractivity contribution < 1.29 is 4.74 Å². The van der Waals surface area contributed by atoms with Crippen LogP contribution in [0.1, 0.15) is 29.5 Å². The minimum atomic E-state index is 0.496. The van der Waals surface area contributed by atoms with Crippen LogP contribution in [0.2, 0.25) is 0 Å². The fourth-order valence-corrected chi connectivity index (χ4v) is 2.11. The van der Waals surface area contributed by atoms with Crippen LogP contribution in [0.25, 0.3) is 0 Å². The molecule has 0 amide bonds. The zero-order valence-corrected chi connectivity index (χ0v) is 10.3. The first-order chi connectivity index (χ1) is 8.83. The molecule has 0 fully saturated rings. The molecule has 1 heteroatoms. The molecule has 1 heterocycles. The smallest absolute Gasteiger partial charge is 0.124 e. The molecule has 1 nitrogen and oxygen atoms in total. The zero-order valence-electron chi connectivity index (χ0n) is 10.3.